The van der Waals surface area contributed by atoms with Crippen LogP contribution in [0.25, 0.3) is 0 Å². The van der Waals surface area contributed by atoms with E-state index in [1.165, 1.54) is 0 Å². The molecule has 0 aromatic carbocycles. The molecule has 2 unspecified atom stereocenters. The number of pyridine rings is 1. The molecule has 0 saturated carbocycles. The Bertz CT molecular complexity index is 500. The van der Waals surface area contributed by atoms with Crippen molar-refractivity contribution < 1.29 is 9.59 Å². The fourth-order valence-electron chi connectivity index (χ4n) is 2.52. The van der Waals surface area contributed by atoms with E-state index in [4.69, 9.17) is 5.73 Å². The van der Waals surface area contributed by atoms with E-state index in [1.54, 1.807) is 29.3 Å². The summed E-state index contributed by atoms with van der Waals surface area (Å²) in [5.74, 6) is -0.0523. The van der Waals surface area contributed by atoms with Crippen LogP contribution < -0.4 is 11.1 Å². The zero-order chi connectivity index (χ0) is 15.2. The van der Waals surface area contributed by atoms with Crippen LogP contribution in [0.3, 0.4) is 0 Å². The number of nitrogens with two attached hydrogens (primary N) is 1. The van der Waals surface area contributed by atoms with Crippen molar-refractivity contribution in [3.8, 4) is 0 Å². The average molecular weight is 363 g/mol. The third-order valence-electron chi connectivity index (χ3n) is 3.85. The summed E-state index contributed by atoms with van der Waals surface area (Å²) < 4.78 is 0. The maximum Gasteiger partial charge on any atom is 0.270 e. The summed E-state index contributed by atoms with van der Waals surface area (Å²) in [7, 11) is 0. The summed E-state index contributed by atoms with van der Waals surface area (Å²) >= 11 is 0. The van der Waals surface area contributed by atoms with Crippen molar-refractivity contribution in [1.29, 1.82) is 0 Å². The predicted octanol–water partition coefficient (Wildman–Crippen LogP) is 1.24. The Kier molecular flexibility index (Phi) is 9.79. The van der Waals surface area contributed by atoms with Crippen LogP contribution in [0.1, 0.15) is 30.3 Å². The molecule has 1 saturated heterocycles. The number of likely N-dealkylation sites (tertiary alicyclic amines) is 1. The minimum Gasteiger partial charge on any atom is -0.342 e. The molecule has 23 heavy (non-hydrogen) atoms. The smallest absolute Gasteiger partial charge is 0.270 e. The van der Waals surface area contributed by atoms with E-state index in [-0.39, 0.29) is 49.2 Å². The Balaban J connectivity index is 0.00000242. The van der Waals surface area contributed by atoms with E-state index < -0.39 is 0 Å². The average Bonchev–Trinajstić information content (AvgIpc) is 2.53. The lowest BCUT2D eigenvalue weighted by molar-refractivity contribution is -0.132. The normalized spacial score (nSPS) is 18.2. The van der Waals surface area contributed by atoms with Gasteiger partial charge in [0.25, 0.3) is 5.91 Å². The molecular formula is C15H24Cl2N4O2. The summed E-state index contributed by atoms with van der Waals surface area (Å²) in [6, 6.07) is 5.18. The van der Waals surface area contributed by atoms with Gasteiger partial charge in [-0.3, -0.25) is 14.6 Å². The molecule has 3 N–H and O–H groups in total. The number of halogens is 2. The molecule has 2 heterocycles. The molecule has 0 radical (unpaired) electrons. The summed E-state index contributed by atoms with van der Waals surface area (Å²) in [5.41, 5.74) is 6.23. The highest BCUT2D eigenvalue weighted by molar-refractivity contribution is 5.94. The van der Waals surface area contributed by atoms with Gasteiger partial charge in [0, 0.05) is 25.3 Å². The second-order valence-corrected chi connectivity index (χ2v) is 5.50. The van der Waals surface area contributed by atoms with Crippen molar-refractivity contribution in [1.82, 2.24) is 15.2 Å². The lowest BCUT2D eigenvalue weighted by atomic mass is 9.92. The quantitative estimate of drug-likeness (QED) is 0.843. The number of carbonyl (C=O) groups is 2. The standard InChI is InChI=1S/C15H22N4O2.2ClH/c1-11(16)12-5-4-8-19(10-12)14(20)9-18-15(21)13-6-2-3-7-17-13;;/h2-3,6-7,11-12H,4-5,8-10,16H2,1H3,(H,18,21);2*1H. The number of hydrogen-bond donors (Lipinski definition) is 2. The highest BCUT2D eigenvalue weighted by Crippen LogP contribution is 2.18. The first kappa shape index (κ1) is 21.6. The van der Waals surface area contributed by atoms with Crippen molar-refractivity contribution in [2.45, 2.75) is 25.8 Å². The fraction of sp³-hybridized carbons (Fsp3) is 0.533. The number of amides is 2. The number of piperidine rings is 1. The molecule has 2 atom stereocenters. The van der Waals surface area contributed by atoms with E-state index in [2.05, 4.69) is 10.3 Å². The van der Waals surface area contributed by atoms with Gasteiger partial charge >= 0.3 is 0 Å². The van der Waals surface area contributed by atoms with Crippen molar-refractivity contribution in [2.75, 3.05) is 19.6 Å². The first-order valence-electron chi connectivity index (χ1n) is 7.30. The fourth-order valence-corrected chi connectivity index (χ4v) is 2.52. The topological polar surface area (TPSA) is 88.3 Å². The molecule has 2 amide bonds. The van der Waals surface area contributed by atoms with Crippen LogP contribution in [0.2, 0.25) is 0 Å². The first-order valence-corrected chi connectivity index (χ1v) is 7.30. The molecule has 6 nitrogen and oxygen atoms in total. The Morgan fingerprint density at radius 3 is 2.78 bits per heavy atom. The summed E-state index contributed by atoms with van der Waals surface area (Å²) in [5, 5.41) is 2.62. The van der Waals surface area contributed by atoms with Gasteiger partial charge in [0.1, 0.15) is 5.69 Å². The molecule has 1 aromatic rings. The van der Waals surface area contributed by atoms with Gasteiger partial charge in [-0.15, -0.1) is 24.8 Å². The Labute approximate surface area is 149 Å². The summed E-state index contributed by atoms with van der Waals surface area (Å²) in [6.45, 7) is 3.39. The number of rotatable bonds is 4. The van der Waals surface area contributed by atoms with E-state index in [1.807, 2.05) is 6.92 Å². The van der Waals surface area contributed by atoms with Crippen molar-refractivity contribution in [3.05, 3.63) is 30.1 Å². The van der Waals surface area contributed by atoms with Crippen LogP contribution in [-0.2, 0) is 4.79 Å². The van der Waals surface area contributed by atoms with Gasteiger partial charge in [-0.25, -0.2) is 0 Å². The molecule has 0 aliphatic carbocycles. The SMILES string of the molecule is CC(N)C1CCCN(C(=O)CNC(=O)c2ccccn2)C1.Cl.Cl. The van der Waals surface area contributed by atoms with Crippen molar-refractivity contribution in [2.24, 2.45) is 11.7 Å². The molecule has 0 spiro atoms. The molecule has 0 bridgehead atoms. The predicted molar refractivity (Wildman–Crippen MR) is 94.0 cm³/mol. The van der Waals surface area contributed by atoms with Crippen LogP contribution >= 0.6 is 24.8 Å². The number of nitrogens with zero attached hydrogens (tertiary/aromatic N) is 2. The van der Waals surface area contributed by atoms with E-state index in [0.717, 1.165) is 19.4 Å². The number of nitrogens with one attached hydrogen (secondary N) is 1. The maximum absolute atomic E-state index is 12.2. The summed E-state index contributed by atoms with van der Waals surface area (Å²) in [4.78, 5) is 29.7. The third-order valence-corrected chi connectivity index (χ3v) is 3.85. The Hall–Kier alpha value is -1.37. The van der Waals surface area contributed by atoms with E-state index in [0.29, 0.717) is 18.2 Å². The van der Waals surface area contributed by atoms with Gasteiger partial charge in [0.2, 0.25) is 5.91 Å². The minimum absolute atomic E-state index is 0. The lowest BCUT2D eigenvalue weighted by Gasteiger charge is -2.34. The van der Waals surface area contributed by atoms with Gasteiger partial charge in [-0.2, -0.15) is 0 Å². The Morgan fingerprint density at radius 1 is 1.43 bits per heavy atom. The minimum atomic E-state index is -0.329. The van der Waals surface area contributed by atoms with Gasteiger partial charge < -0.3 is 16.0 Å². The molecule has 1 aromatic heterocycles. The second kappa shape index (κ2) is 10.4. The lowest BCUT2D eigenvalue weighted by Crippen LogP contribution is -2.48. The molecular weight excluding hydrogens is 339 g/mol. The van der Waals surface area contributed by atoms with Gasteiger partial charge in [0.05, 0.1) is 6.54 Å². The first-order chi connectivity index (χ1) is 10.1. The molecule has 1 aliphatic heterocycles. The number of aromatic nitrogens is 1. The monoisotopic (exact) mass is 362 g/mol. The van der Waals surface area contributed by atoms with Crippen LogP contribution in [0.4, 0.5) is 0 Å². The van der Waals surface area contributed by atoms with Crippen molar-refractivity contribution >= 4 is 36.6 Å². The molecule has 1 fully saturated rings. The highest BCUT2D eigenvalue weighted by Gasteiger charge is 2.25. The van der Waals surface area contributed by atoms with Gasteiger partial charge in [-0.05, 0) is 37.8 Å². The third kappa shape index (κ3) is 6.33. The van der Waals surface area contributed by atoms with Gasteiger partial charge in [0.15, 0.2) is 0 Å². The molecule has 8 heteroatoms. The van der Waals surface area contributed by atoms with Crippen LogP contribution in [0.15, 0.2) is 24.4 Å². The highest BCUT2D eigenvalue weighted by atomic mass is 35.5. The number of carbonyl (C=O) groups excluding carboxylic acids is 2. The Morgan fingerprint density at radius 2 is 2.17 bits per heavy atom. The largest absolute Gasteiger partial charge is 0.342 e. The van der Waals surface area contributed by atoms with Crippen LogP contribution in [0.5, 0.6) is 0 Å². The zero-order valence-electron chi connectivity index (χ0n) is 13.1. The van der Waals surface area contributed by atoms with E-state index >= 15 is 0 Å². The van der Waals surface area contributed by atoms with E-state index in [9.17, 15) is 9.59 Å². The number of hydrogen-bond acceptors (Lipinski definition) is 4. The van der Waals surface area contributed by atoms with Crippen LogP contribution in [0, 0.1) is 5.92 Å². The van der Waals surface area contributed by atoms with Gasteiger partial charge in [-0.1, -0.05) is 6.07 Å². The molecule has 130 valence electrons. The molecule has 2 rings (SSSR count). The summed E-state index contributed by atoms with van der Waals surface area (Å²) in [6.07, 6.45) is 3.57. The zero-order valence-corrected chi connectivity index (χ0v) is 14.7. The molecule has 1 aliphatic rings. The second-order valence-electron chi connectivity index (χ2n) is 5.50. The van der Waals surface area contributed by atoms with Crippen LogP contribution in [-0.4, -0.2) is 47.4 Å². The maximum atomic E-state index is 12.2. The van der Waals surface area contributed by atoms with Crippen molar-refractivity contribution in [3.63, 3.8) is 0 Å².